The number of hydrogen-bond donors (Lipinski definition) is 1. The van der Waals surface area contributed by atoms with Crippen molar-refractivity contribution in [1.29, 1.82) is 0 Å². The Kier molecular flexibility index (Phi) is 8.11. The van der Waals surface area contributed by atoms with Gasteiger partial charge in [0.2, 0.25) is 5.91 Å². The summed E-state index contributed by atoms with van der Waals surface area (Å²) in [6.45, 7) is 6.93. The van der Waals surface area contributed by atoms with E-state index in [2.05, 4.69) is 41.4 Å². The van der Waals surface area contributed by atoms with E-state index in [-0.39, 0.29) is 24.4 Å². The Hall–Kier alpha value is -3.57. The standard InChI is InChI=1S/C30H32ClN3O2/c1-21(2)34(30(36)24-7-6-8-26(31)17-24)20-29(35)33(19-23-13-11-22(3)12-14-23)16-15-25-18-32-28-10-5-4-9-27(25)28/h4-14,17-18,21,32H,15-16,19-20H2,1-3H3. The lowest BCUT2D eigenvalue weighted by Gasteiger charge is -2.30. The van der Waals surface area contributed by atoms with Crippen LogP contribution in [0.3, 0.4) is 0 Å². The van der Waals surface area contributed by atoms with E-state index >= 15 is 0 Å². The third-order valence-electron chi connectivity index (χ3n) is 6.43. The minimum Gasteiger partial charge on any atom is -0.361 e. The third-order valence-corrected chi connectivity index (χ3v) is 6.67. The van der Waals surface area contributed by atoms with E-state index in [1.807, 2.05) is 44.0 Å². The number of amides is 2. The van der Waals surface area contributed by atoms with Crippen molar-refractivity contribution >= 4 is 34.3 Å². The largest absolute Gasteiger partial charge is 0.361 e. The first-order chi connectivity index (χ1) is 17.3. The molecule has 1 aromatic heterocycles. The van der Waals surface area contributed by atoms with Gasteiger partial charge in [0.1, 0.15) is 6.54 Å². The molecule has 0 bridgehead atoms. The highest BCUT2D eigenvalue weighted by Gasteiger charge is 2.25. The lowest BCUT2D eigenvalue weighted by molar-refractivity contribution is -0.132. The molecule has 0 unspecified atom stereocenters. The number of nitrogens with zero attached hydrogens (tertiary/aromatic N) is 2. The fourth-order valence-corrected chi connectivity index (χ4v) is 4.51. The van der Waals surface area contributed by atoms with Gasteiger partial charge in [0, 0.05) is 46.8 Å². The molecule has 1 N–H and O–H groups in total. The summed E-state index contributed by atoms with van der Waals surface area (Å²) in [7, 11) is 0. The molecule has 0 aliphatic rings. The van der Waals surface area contributed by atoms with Crippen LogP contribution in [0.1, 0.15) is 40.9 Å². The van der Waals surface area contributed by atoms with Crippen molar-refractivity contribution in [2.75, 3.05) is 13.1 Å². The molecule has 0 radical (unpaired) electrons. The van der Waals surface area contributed by atoms with Crippen LogP contribution < -0.4 is 0 Å². The van der Waals surface area contributed by atoms with Gasteiger partial charge in [-0.05, 0) is 62.6 Å². The van der Waals surface area contributed by atoms with E-state index in [4.69, 9.17) is 11.6 Å². The zero-order chi connectivity index (χ0) is 25.7. The van der Waals surface area contributed by atoms with Gasteiger partial charge in [-0.2, -0.15) is 0 Å². The maximum atomic E-state index is 13.7. The molecule has 5 nitrogen and oxygen atoms in total. The maximum Gasteiger partial charge on any atom is 0.254 e. The van der Waals surface area contributed by atoms with Crippen molar-refractivity contribution in [1.82, 2.24) is 14.8 Å². The Morgan fingerprint density at radius 3 is 2.44 bits per heavy atom. The summed E-state index contributed by atoms with van der Waals surface area (Å²) in [5.41, 5.74) is 4.97. The van der Waals surface area contributed by atoms with Gasteiger partial charge < -0.3 is 14.8 Å². The Bertz CT molecular complexity index is 1340. The summed E-state index contributed by atoms with van der Waals surface area (Å²) in [4.78, 5) is 33.7. The second-order valence-corrected chi connectivity index (χ2v) is 9.88. The highest BCUT2D eigenvalue weighted by molar-refractivity contribution is 6.31. The van der Waals surface area contributed by atoms with Gasteiger partial charge in [-0.15, -0.1) is 0 Å². The molecule has 36 heavy (non-hydrogen) atoms. The predicted molar refractivity (Wildman–Crippen MR) is 146 cm³/mol. The molecule has 2 amide bonds. The Labute approximate surface area is 217 Å². The number of nitrogens with one attached hydrogen (secondary N) is 1. The van der Waals surface area contributed by atoms with E-state index in [0.717, 1.165) is 11.1 Å². The van der Waals surface area contributed by atoms with E-state index in [9.17, 15) is 9.59 Å². The number of aromatic amines is 1. The molecular formula is C30H32ClN3O2. The topological polar surface area (TPSA) is 56.4 Å². The second kappa shape index (κ2) is 11.4. The van der Waals surface area contributed by atoms with Gasteiger partial charge in [0.25, 0.3) is 5.91 Å². The number of fused-ring (bicyclic) bond motifs is 1. The number of para-hydroxylation sites is 1. The molecule has 0 aliphatic carbocycles. The van der Waals surface area contributed by atoms with Gasteiger partial charge in [-0.3, -0.25) is 9.59 Å². The minimum atomic E-state index is -0.201. The second-order valence-electron chi connectivity index (χ2n) is 9.45. The zero-order valence-corrected chi connectivity index (χ0v) is 21.8. The summed E-state index contributed by atoms with van der Waals surface area (Å²) >= 11 is 6.11. The molecule has 0 saturated carbocycles. The predicted octanol–water partition coefficient (Wildman–Crippen LogP) is 6.25. The van der Waals surface area contributed by atoms with Crippen LogP contribution in [-0.4, -0.2) is 45.7 Å². The number of halogens is 1. The third kappa shape index (κ3) is 6.16. The quantitative estimate of drug-likeness (QED) is 0.294. The lowest BCUT2D eigenvalue weighted by atomic mass is 10.1. The normalized spacial score (nSPS) is 11.1. The first kappa shape index (κ1) is 25.5. The first-order valence-corrected chi connectivity index (χ1v) is 12.6. The molecule has 0 fully saturated rings. The highest BCUT2D eigenvalue weighted by atomic mass is 35.5. The maximum absolute atomic E-state index is 13.7. The summed E-state index contributed by atoms with van der Waals surface area (Å²) in [6.07, 6.45) is 2.73. The van der Waals surface area contributed by atoms with Crippen LogP contribution in [0.25, 0.3) is 10.9 Å². The Balaban J connectivity index is 1.55. The number of hydrogen-bond acceptors (Lipinski definition) is 2. The van der Waals surface area contributed by atoms with Crippen LogP contribution in [0.4, 0.5) is 0 Å². The van der Waals surface area contributed by atoms with Crippen LogP contribution in [-0.2, 0) is 17.8 Å². The number of rotatable bonds is 9. The molecule has 0 saturated heterocycles. The van der Waals surface area contributed by atoms with Crippen molar-refractivity contribution in [2.45, 2.75) is 39.8 Å². The average molecular weight is 502 g/mol. The molecular weight excluding hydrogens is 470 g/mol. The monoisotopic (exact) mass is 501 g/mol. The molecule has 1 heterocycles. The van der Waals surface area contributed by atoms with Crippen LogP contribution in [0.15, 0.2) is 79.0 Å². The molecule has 0 spiro atoms. The summed E-state index contributed by atoms with van der Waals surface area (Å²) in [5, 5.41) is 1.66. The van der Waals surface area contributed by atoms with Crippen LogP contribution in [0.5, 0.6) is 0 Å². The van der Waals surface area contributed by atoms with Crippen LogP contribution in [0, 0.1) is 6.92 Å². The minimum absolute atomic E-state index is 0.00274. The summed E-state index contributed by atoms with van der Waals surface area (Å²) in [6, 6.07) is 23.1. The van der Waals surface area contributed by atoms with E-state index < -0.39 is 0 Å². The number of carbonyl (C=O) groups is 2. The van der Waals surface area contributed by atoms with Crippen molar-refractivity contribution < 1.29 is 9.59 Å². The number of benzene rings is 3. The number of aryl methyl sites for hydroxylation is 1. The van der Waals surface area contributed by atoms with Gasteiger partial charge in [0.15, 0.2) is 0 Å². The summed E-state index contributed by atoms with van der Waals surface area (Å²) in [5.74, 6) is -0.285. The van der Waals surface area contributed by atoms with Gasteiger partial charge >= 0.3 is 0 Å². The van der Waals surface area contributed by atoms with E-state index in [1.165, 1.54) is 16.5 Å². The Morgan fingerprint density at radius 2 is 1.72 bits per heavy atom. The Morgan fingerprint density at radius 1 is 0.972 bits per heavy atom. The van der Waals surface area contributed by atoms with Crippen molar-refractivity contribution in [3.05, 3.63) is 106 Å². The molecule has 4 aromatic rings. The number of carbonyl (C=O) groups excluding carboxylic acids is 2. The molecule has 186 valence electrons. The number of H-pyrrole nitrogens is 1. The van der Waals surface area contributed by atoms with Crippen LogP contribution in [0.2, 0.25) is 5.02 Å². The van der Waals surface area contributed by atoms with Crippen LogP contribution >= 0.6 is 11.6 Å². The molecule has 4 rings (SSSR count). The molecule has 0 atom stereocenters. The van der Waals surface area contributed by atoms with Crippen molar-refractivity contribution in [3.63, 3.8) is 0 Å². The fourth-order valence-electron chi connectivity index (χ4n) is 4.32. The highest BCUT2D eigenvalue weighted by Crippen LogP contribution is 2.20. The smallest absolute Gasteiger partial charge is 0.254 e. The SMILES string of the molecule is Cc1ccc(CN(CCc2c[nH]c3ccccc23)C(=O)CN(C(=O)c2cccc(Cl)c2)C(C)C)cc1. The average Bonchev–Trinajstić information content (AvgIpc) is 3.28. The molecule has 6 heteroatoms. The van der Waals surface area contributed by atoms with Gasteiger partial charge in [0.05, 0.1) is 0 Å². The lowest BCUT2D eigenvalue weighted by Crippen LogP contribution is -2.46. The van der Waals surface area contributed by atoms with Crippen molar-refractivity contribution in [2.24, 2.45) is 0 Å². The molecule has 3 aromatic carbocycles. The first-order valence-electron chi connectivity index (χ1n) is 12.3. The fraction of sp³-hybridized carbons (Fsp3) is 0.267. The van der Waals surface area contributed by atoms with Gasteiger partial charge in [-0.1, -0.05) is 65.7 Å². The van der Waals surface area contributed by atoms with Gasteiger partial charge in [-0.25, -0.2) is 0 Å². The number of aromatic nitrogens is 1. The zero-order valence-electron chi connectivity index (χ0n) is 21.0. The molecule has 0 aliphatic heterocycles. The van der Waals surface area contributed by atoms with Crippen molar-refractivity contribution in [3.8, 4) is 0 Å². The van der Waals surface area contributed by atoms with E-state index in [1.54, 1.807) is 29.2 Å². The van der Waals surface area contributed by atoms with E-state index in [0.29, 0.717) is 30.1 Å². The summed E-state index contributed by atoms with van der Waals surface area (Å²) < 4.78 is 0.